The molecule has 1 aromatic heterocycles. The largest absolute Gasteiger partial charge is 0.377 e. The number of hydrogen-bond donors (Lipinski definition) is 3. The minimum atomic E-state index is -3.09. The smallest absolute Gasteiger partial charge is 0.316 e. The number of benzene rings is 1. The highest BCUT2D eigenvalue weighted by atomic mass is 32.2. The predicted molar refractivity (Wildman–Crippen MR) is 119 cm³/mol. The van der Waals surface area contributed by atoms with Gasteiger partial charge in [0.15, 0.2) is 5.82 Å². The molecular formula is C20H26N6O4S. The molecule has 11 heteroatoms. The van der Waals surface area contributed by atoms with E-state index in [9.17, 15) is 13.2 Å². The van der Waals surface area contributed by atoms with E-state index in [0.717, 1.165) is 24.2 Å². The van der Waals surface area contributed by atoms with Crippen molar-refractivity contribution in [3.8, 4) is 11.4 Å². The van der Waals surface area contributed by atoms with E-state index in [1.165, 1.54) is 6.26 Å². The van der Waals surface area contributed by atoms with E-state index in [-0.39, 0.29) is 24.4 Å². The molecule has 10 nitrogen and oxygen atoms in total. The van der Waals surface area contributed by atoms with Crippen molar-refractivity contribution in [2.45, 2.75) is 24.9 Å². The quantitative estimate of drug-likeness (QED) is 0.581. The summed E-state index contributed by atoms with van der Waals surface area (Å²) in [5, 5.41) is 5.64. The number of rotatable bonds is 7. The van der Waals surface area contributed by atoms with Crippen LogP contribution in [0.1, 0.15) is 12.8 Å². The summed E-state index contributed by atoms with van der Waals surface area (Å²) in [6, 6.07) is 8.84. The van der Waals surface area contributed by atoms with Crippen LogP contribution in [-0.2, 0) is 14.6 Å². The average Bonchev–Trinajstić information content (AvgIpc) is 2.95. The van der Waals surface area contributed by atoms with Crippen molar-refractivity contribution >= 4 is 33.2 Å². The summed E-state index contributed by atoms with van der Waals surface area (Å²) < 4.78 is 28.7. The van der Waals surface area contributed by atoms with Gasteiger partial charge in [-0.05, 0) is 37.1 Å². The number of carbonyl (C=O) groups is 1. The van der Waals surface area contributed by atoms with Crippen molar-refractivity contribution in [3.05, 3.63) is 30.3 Å². The fourth-order valence-electron chi connectivity index (χ4n) is 4.00. The van der Waals surface area contributed by atoms with Gasteiger partial charge in [0.2, 0.25) is 0 Å². The first kappa shape index (κ1) is 21.3. The standard InChI is InChI=1S/C20H26N6O4S/c1-31(28,29)9-8-22-17-10-18(26-15-6-7-16(26)12-30-11-15)25-19(24-17)13-2-4-14(5-3-13)23-20(21)27/h2-5,10,15-16H,6-9,11-12H2,1H3,(H3,21,23,27)(H,22,24,25). The van der Waals surface area contributed by atoms with Crippen LogP contribution in [0.3, 0.4) is 0 Å². The van der Waals surface area contributed by atoms with Gasteiger partial charge in [-0.15, -0.1) is 0 Å². The summed E-state index contributed by atoms with van der Waals surface area (Å²) >= 11 is 0. The number of amides is 2. The van der Waals surface area contributed by atoms with Gasteiger partial charge < -0.3 is 26.0 Å². The number of hydrogen-bond acceptors (Lipinski definition) is 8. The molecule has 0 spiro atoms. The van der Waals surface area contributed by atoms with Crippen molar-refractivity contribution in [2.75, 3.05) is 47.3 Å². The molecule has 1 aromatic carbocycles. The summed E-state index contributed by atoms with van der Waals surface area (Å²) in [4.78, 5) is 22.7. The Morgan fingerprint density at radius 1 is 1.19 bits per heavy atom. The number of nitrogens with two attached hydrogens (primary N) is 1. The number of urea groups is 1. The van der Waals surface area contributed by atoms with Gasteiger partial charge in [0.1, 0.15) is 21.5 Å². The number of ether oxygens (including phenoxy) is 1. The second-order valence-electron chi connectivity index (χ2n) is 7.89. The fraction of sp³-hybridized carbons (Fsp3) is 0.450. The Balaban J connectivity index is 1.65. The molecule has 4 N–H and O–H groups in total. The van der Waals surface area contributed by atoms with Crippen molar-refractivity contribution < 1.29 is 17.9 Å². The Labute approximate surface area is 181 Å². The van der Waals surface area contributed by atoms with Crippen LogP contribution in [0.25, 0.3) is 11.4 Å². The van der Waals surface area contributed by atoms with E-state index >= 15 is 0 Å². The van der Waals surface area contributed by atoms with Crippen LogP contribution in [0, 0.1) is 0 Å². The molecule has 2 aromatic rings. The molecule has 31 heavy (non-hydrogen) atoms. The van der Waals surface area contributed by atoms with Crippen LogP contribution in [0.5, 0.6) is 0 Å². The molecule has 166 valence electrons. The van der Waals surface area contributed by atoms with Crippen LogP contribution in [0.4, 0.5) is 22.1 Å². The predicted octanol–water partition coefficient (Wildman–Crippen LogP) is 1.46. The highest BCUT2D eigenvalue weighted by molar-refractivity contribution is 7.90. The summed E-state index contributed by atoms with van der Waals surface area (Å²) in [5.41, 5.74) is 6.50. The Kier molecular flexibility index (Phi) is 5.96. The summed E-state index contributed by atoms with van der Waals surface area (Å²) in [7, 11) is -3.09. The van der Waals surface area contributed by atoms with Gasteiger partial charge in [0.25, 0.3) is 0 Å². The third kappa shape index (κ3) is 5.23. The molecule has 2 saturated heterocycles. The zero-order chi connectivity index (χ0) is 22.0. The monoisotopic (exact) mass is 446 g/mol. The maximum Gasteiger partial charge on any atom is 0.316 e. The Hall–Kier alpha value is -2.92. The Morgan fingerprint density at radius 3 is 2.48 bits per heavy atom. The fourth-order valence-corrected chi connectivity index (χ4v) is 4.47. The van der Waals surface area contributed by atoms with E-state index in [1.807, 2.05) is 6.07 Å². The summed E-state index contributed by atoms with van der Waals surface area (Å²) in [6.45, 7) is 1.59. The molecule has 2 bridgehead atoms. The zero-order valence-electron chi connectivity index (χ0n) is 17.2. The lowest BCUT2D eigenvalue weighted by Gasteiger charge is -2.35. The number of primary amides is 1. The number of nitrogens with zero attached hydrogens (tertiary/aromatic N) is 3. The van der Waals surface area contributed by atoms with Crippen molar-refractivity contribution in [2.24, 2.45) is 5.73 Å². The van der Waals surface area contributed by atoms with Crippen molar-refractivity contribution in [1.29, 1.82) is 0 Å². The van der Waals surface area contributed by atoms with Crippen molar-refractivity contribution in [3.63, 3.8) is 0 Å². The van der Waals surface area contributed by atoms with Gasteiger partial charge in [-0.25, -0.2) is 23.2 Å². The molecule has 2 aliphatic heterocycles. The van der Waals surface area contributed by atoms with Gasteiger partial charge in [-0.3, -0.25) is 0 Å². The van der Waals surface area contributed by atoms with Gasteiger partial charge in [0, 0.05) is 30.1 Å². The van der Waals surface area contributed by atoms with Gasteiger partial charge >= 0.3 is 6.03 Å². The number of aromatic nitrogens is 2. The van der Waals surface area contributed by atoms with Crippen LogP contribution in [0.2, 0.25) is 0 Å². The number of fused-ring (bicyclic) bond motifs is 2. The summed E-state index contributed by atoms with van der Waals surface area (Å²) in [6.07, 6.45) is 3.31. The molecular weight excluding hydrogens is 420 g/mol. The molecule has 2 fully saturated rings. The van der Waals surface area contributed by atoms with E-state index in [4.69, 9.17) is 15.5 Å². The van der Waals surface area contributed by atoms with E-state index in [2.05, 4.69) is 20.5 Å². The number of anilines is 3. The van der Waals surface area contributed by atoms with Crippen LogP contribution in [-0.4, -0.2) is 68.3 Å². The molecule has 2 amide bonds. The average molecular weight is 447 g/mol. The van der Waals surface area contributed by atoms with Gasteiger partial charge in [0.05, 0.1) is 31.1 Å². The SMILES string of the molecule is CS(=O)(=O)CCNc1cc(N2C3CCC2COC3)nc(-c2ccc(NC(N)=O)cc2)n1. The van der Waals surface area contributed by atoms with E-state index in [0.29, 0.717) is 30.5 Å². The van der Waals surface area contributed by atoms with Crippen molar-refractivity contribution in [1.82, 2.24) is 9.97 Å². The first-order valence-electron chi connectivity index (χ1n) is 10.1. The molecule has 2 unspecified atom stereocenters. The first-order chi connectivity index (χ1) is 14.8. The van der Waals surface area contributed by atoms with Crippen LogP contribution >= 0.6 is 0 Å². The highest BCUT2D eigenvalue weighted by Crippen LogP contribution is 2.34. The lowest BCUT2D eigenvalue weighted by Crippen LogP contribution is -2.46. The number of morpholine rings is 1. The van der Waals surface area contributed by atoms with E-state index < -0.39 is 15.9 Å². The minimum Gasteiger partial charge on any atom is -0.377 e. The minimum absolute atomic E-state index is 0.0119. The second kappa shape index (κ2) is 8.67. The number of sulfone groups is 1. The number of nitrogens with one attached hydrogen (secondary N) is 2. The summed E-state index contributed by atoms with van der Waals surface area (Å²) in [5.74, 6) is 1.88. The van der Waals surface area contributed by atoms with Crippen LogP contribution < -0.4 is 21.3 Å². The highest BCUT2D eigenvalue weighted by Gasteiger charge is 2.38. The normalized spacial score (nSPS) is 20.5. The molecule has 2 atom stereocenters. The Bertz CT molecular complexity index is 1040. The molecule has 3 heterocycles. The third-order valence-corrected chi connectivity index (χ3v) is 6.35. The maximum atomic E-state index is 11.5. The first-order valence-corrected chi connectivity index (χ1v) is 12.2. The Morgan fingerprint density at radius 2 is 1.87 bits per heavy atom. The number of carbonyl (C=O) groups excluding carboxylic acids is 1. The zero-order valence-corrected chi connectivity index (χ0v) is 18.1. The molecule has 0 saturated carbocycles. The van der Waals surface area contributed by atoms with Crippen LogP contribution in [0.15, 0.2) is 30.3 Å². The van der Waals surface area contributed by atoms with Gasteiger partial charge in [-0.2, -0.15) is 0 Å². The lowest BCUT2D eigenvalue weighted by molar-refractivity contribution is 0.0902. The van der Waals surface area contributed by atoms with E-state index in [1.54, 1.807) is 24.3 Å². The van der Waals surface area contributed by atoms with Gasteiger partial charge in [-0.1, -0.05) is 0 Å². The molecule has 0 radical (unpaired) electrons. The third-order valence-electron chi connectivity index (χ3n) is 5.41. The maximum absolute atomic E-state index is 11.5. The second-order valence-corrected chi connectivity index (χ2v) is 10.1. The topological polar surface area (TPSA) is 140 Å². The molecule has 0 aliphatic carbocycles. The molecule has 2 aliphatic rings. The lowest BCUT2D eigenvalue weighted by atomic mass is 10.2. The molecule has 4 rings (SSSR count).